The lowest BCUT2D eigenvalue weighted by atomic mass is 10.1. The smallest absolute Gasteiger partial charge is 0.416 e. The molecule has 0 aliphatic rings. The van der Waals surface area contributed by atoms with Gasteiger partial charge in [0.15, 0.2) is 0 Å². The molecule has 0 saturated heterocycles. The summed E-state index contributed by atoms with van der Waals surface area (Å²) in [6, 6.07) is 6.96. The van der Waals surface area contributed by atoms with Gasteiger partial charge in [-0.25, -0.2) is 0 Å². The number of hydrogen-bond acceptors (Lipinski definition) is 3. The molecule has 2 rings (SSSR count). The largest absolute Gasteiger partial charge is 0.489 e. The van der Waals surface area contributed by atoms with Crippen LogP contribution in [0.25, 0.3) is 0 Å². The van der Waals surface area contributed by atoms with E-state index in [0.29, 0.717) is 0 Å². The van der Waals surface area contributed by atoms with Crippen LogP contribution >= 0.6 is 23.2 Å². The Hall–Kier alpha value is -1.96. The molecule has 0 bridgehead atoms. The fourth-order valence-corrected chi connectivity index (χ4v) is 2.29. The summed E-state index contributed by atoms with van der Waals surface area (Å²) >= 11 is 11.7. The van der Waals surface area contributed by atoms with Crippen molar-refractivity contribution in [2.75, 3.05) is 25.6 Å². The number of nitrogens with one attached hydrogen (secondary N) is 1. The molecule has 0 radical (unpaired) electrons. The van der Waals surface area contributed by atoms with Gasteiger partial charge < -0.3 is 14.8 Å². The summed E-state index contributed by atoms with van der Waals surface area (Å²) in [4.78, 5) is 12.3. The van der Waals surface area contributed by atoms with Gasteiger partial charge in [0.1, 0.15) is 12.4 Å². The Bertz CT molecular complexity index is 797. The first-order valence-electron chi connectivity index (χ1n) is 7.31. The Labute approximate surface area is 157 Å². The van der Waals surface area contributed by atoms with Crippen LogP contribution < -0.4 is 10.1 Å². The maximum atomic E-state index is 13.0. The molecule has 4 nitrogen and oxygen atoms in total. The number of anilines is 1. The number of methoxy groups -OCH3 is 1. The second kappa shape index (κ2) is 8.62. The minimum absolute atomic E-state index is 0.0865. The van der Waals surface area contributed by atoms with Gasteiger partial charge in [0.2, 0.25) is 0 Å². The number of carbonyl (C=O) groups excluding carboxylic acids is 1. The lowest BCUT2D eigenvalue weighted by Gasteiger charge is -2.15. The van der Waals surface area contributed by atoms with Crippen LogP contribution in [0.1, 0.15) is 15.9 Å². The van der Waals surface area contributed by atoms with E-state index in [1.54, 1.807) is 0 Å². The molecule has 0 saturated carbocycles. The van der Waals surface area contributed by atoms with Crippen molar-refractivity contribution in [2.45, 2.75) is 6.18 Å². The van der Waals surface area contributed by atoms with E-state index in [1.165, 1.54) is 25.3 Å². The van der Waals surface area contributed by atoms with Gasteiger partial charge in [-0.1, -0.05) is 23.2 Å². The van der Waals surface area contributed by atoms with Crippen LogP contribution in [0.5, 0.6) is 5.75 Å². The molecule has 2 aromatic rings. The van der Waals surface area contributed by atoms with Gasteiger partial charge in [-0.05, 0) is 36.4 Å². The van der Waals surface area contributed by atoms with E-state index in [0.717, 1.165) is 18.2 Å². The number of ether oxygens (including phenoxy) is 2. The van der Waals surface area contributed by atoms with E-state index in [2.05, 4.69) is 5.32 Å². The molecule has 1 N–H and O–H groups in total. The summed E-state index contributed by atoms with van der Waals surface area (Å²) in [6.07, 6.45) is -4.56. The van der Waals surface area contributed by atoms with E-state index < -0.39 is 17.6 Å². The number of amides is 1. The zero-order valence-corrected chi connectivity index (χ0v) is 15.0. The first-order valence-corrected chi connectivity index (χ1v) is 8.07. The van der Waals surface area contributed by atoms with Gasteiger partial charge in [0, 0.05) is 12.7 Å². The highest BCUT2D eigenvalue weighted by Gasteiger charge is 2.31. The minimum Gasteiger partial charge on any atom is -0.489 e. The predicted molar refractivity (Wildman–Crippen MR) is 93.2 cm³/mol. The molecule has 26 heavy (non-hydrogen) atoms. The summed E-state index contributed by atoms with van der Waals surface area (Å²) in [5.41, 5.74) is -0.896. The third-order valence-electron chi connectivity index (χ3n) is 3.28. The van der Waals surface area contributed by atoms with Crippen LogP contribution in [0.2, 0.25) is 10.0 Å². The number of alkyl halides is 3. The fraction of sp³-hybridized carbons (Fsp3) is 0.235. The summed E-state index contributed by atoms with van der Waals surface area (Å²) in [7, 11) is 1.46. The van der Waals surface area contributed by atoms with E-state index in [1.807, 2.05) is 0 Å². The van der Waals surface area contributed by atoms with Gasteiger partial charge in [-0.3, -0.25) is 4.79 Å². The lowest BCUT2D eigenvalue weighted by molar-refractivity contribution is -0.137. The number of hydrogen-bond donors (Lipinski definition) is 1. The quantitative estimate of drug-likeness (QED) is 0.661. The molecule has 0 aliphatic heterocycles. The Morgan fingerprint density at radius 1 is 1.08 bits per heavy atom. The molecule has 2 aromatic carbocycles. The summed E-state index contributed by atoms with van der Waals surface area (Å²) in [5, 5.41) is 2.81. The molecule has 0 unspecified atom stereocenters. The highest BCUT2D eigenvalue weighted by molar-refractivity contribution is 6.42. The number of rotatable bonds is 6. The Morgan fingerprint density at radius 2 is 1.81 bits per heavy atom. The molecule has 9 heteroatoms. The van der Waals surface area contributed by atoms with Gasteiger partial charge in [0.05, 0.1) is 27.9 Å². The molecule has 0 aromatic heterocycles. The van der Waals surface area contributed by atoms with Crippen molar-refractivity contribution < 1.29 is 27.4 Å². The van der Waals surface area contributed by atoms with Crippen LogP contribution in [0.15, 0.2) is 36.4 Å². The van der Waals surface area contributed by atoms with Crippen LogP contribution in [-0.4, -0.2) is 26.2 Å². The zero-order chi connectivity index (χ0) is 19.3. The van der Waals surface area contributed by atoms with Crippen molar-refractivity contribution >= 4 is 34.8 Å². The van der Waals surface area contributed by atoms with E-state index in [4.69, 9.17) is 32.7 Å². The molecule has 0 aliphatic carbocycles. The highest BCUT2D eigenvalue weighted by atomic mass is 35.5. The molecule has 0 heterocycles. The normalized spacial score (nSPS) is 11.3. The van der Waals surface area contributed by atoms with Crippen molar-refractivity contribution in [1.82, 2.24) is 0 Å². The second-order valence-electron chi connectivity index (χ2n) is 5.13. The first kappa shape index (κ1) is 20.4. The molecular formula is C17H14Cl2F3NO3. The van der Waals surface area contributed by atoms with E-state index in [9.17, 15) is 18.0 Å². The summed E-state index contributed by atoms with van der Waals surface area (Å²) in [5.74, 6) is -0.567. The minimum atomic E-state index is -4.56. The van der Waals surface area contributed by atoms with Crippen molar-refractivity contribution in [3.05, 3.63) is 57.6 Å². The van der Waals surface area contributed by atoms with Crippen LogP contribution in [0.3, 0.4) is 0 Å². The van der Waals surface area contributed by atoms with Gasteiger partial charge in [-0.15, -0.1) is 0 Å². The van der Waals surface area contributed by atoms with Crippen molar-refractivity contribution in [3.8, 4) is 5.75 Å². The van der Waals surface area contributed by atoms with E-state index in [-0.39, 0.29) is 40.3 Å². The van der Waals surface area contributed by atoms with Gasteiger partial charge in [0.25, 0.3) is 5.91 Å². The maximum absolute atomic E-state index is 13.0. The highest BCUT2D eigenvalue weighted by Crippen LogP contribution is 2.35. The zero-order valence-electron chi connectivity index (χ0n) is 13.5. The van der Waals surface area contributed by atoms with E-state index >= 15 is 0 Å². The average Bonchev–Trinajstić information content (AvgIpc) is 2.57. The number of benzene rings is 2. The van der Waals surface area contributed by atoms with Gasteiger partial charge >= 0.3 is 6.18 Å². The Balaban J connectivity index is 2.31. The summed E-state index contributed by atoms with van der Waals surface area (Å²) < 4.78 is 49.1. The first-order chi connectivity index (χ1) is 12.2. The number of halogens is 5. The standard InChI is InChI=1S/C17H14Cl2F3NO3/c1-25-6-7-26-15-5-3-11(17(20,21)22)9-14(15)23-16(24)10-2-4-12(18)13(19)8-10/h2-5,8-9H,6-7H2,1H3,(H,23,24). The average molecular weight is 408 g/mol. The lowest BCUT2D eigenvalue weighted by Crippen LogP contribution is -2.15. The van der Waals surface area contributed by atoms with Crippen molar-refractivity contribution in [2.24, 2.45) is 0 Å². The van der Waals surface area contributed by atoms with Crippen LogP contribution in [-0.2, 0) is 10.9 Å². The fourth-order valence-electron chi connectivity index (χ4n) is 2.00. The monoisotopic (exact) mass is 407 g/mol. The number of carbonyl (C=O) groups is 1. The Kier molecular flexibility index (Phi) is 6.75. The third kappa shape index (κ3) is 5.27. The van der Waals surface area contributed by atoms with Crippen LogP contribution in [0, 0.1) is 0 Å². The topological polar surface area (TPSA) is 47.6 Å². The van der Waals surface area contributed by atoms with Crippen LogP contribution in [0.4, 0.5) is 18.9 Å². The molecule has 0 spiro atoms. The second-order valence-corrected chi connectivity index (χ2v) is 5.95. The molecule has 0 fully saturated rings. The molecule has 1 amide bonds. The Morgan fingerprint density at radius 3 is 2.42 bits per heavy atom. The predicted octanol–water partition coefficient (Wildman–Crippen LogP) is 5.29. The third-order valence-corrected chi connectivity index (χ3v) is 4.02. The summed E-state index contributed by atoms with van der Waals surface area (Å²) in [6.45, 7) is 0.346. The molecule has 0 atom stereocenters. The van der Waals surface area contributed by atoms with Gasteiger partial charge in [-0.2, -0.15) is 13.2 Å². The molecule has 140 valence electrons. The maximum Gasteiger partial charge on any atom is 0.416 e. The SMILES string of the molecule is COCCOc1ccc(C(F)(F)F)cc1NC(=O)c1ccc(Cl)c(Cl)c1. The molecular weight excluding hydrogens is 394 g/mol. The van der Waals surface area contributed by atoms with Crippen molar-refractivity contribution in [3.63, 3.8) is 0 Å². The van der Waals surface area contributed by atoms with Crippen molar-refractivity contribution in [1.29, 1.82) is 0 Å².